The zero-order valence-electron chi connectivity index (χ0n) is 20.1. The van der Waals surface area contributed by atoms with Crippen LogP contribution >= 0.6 is 0 Å². The van der Waals surface area contributed by atoms with Crippen LogP contribution in [-0.2, 0) is 22.6 Å². The quantitative estimate of drug-likeness (QED) is 0.285. The molecule has 1 aromatic heterocycles. The summed E-state index contributed by atoms with van der Waals surface area (Å²) in [6, 6.07) is 16.0. The van der Waals surface area contributed by atoms with E-state index in [-0.39, 0.29) is 23.0 Å². The molecule has 2 heterocycles. The molecule has 0 radical (unpaired) electrons. The maximum absolute atomic E-state index is 12.8. The number of nitro benzene ring substituents is 1. The zero-order valence-corrected chi connectivity index (χ0v) is 20.1. The molecule has 36 heavy (non-hydrogen) atoms. The molecule has 11 nitrogen and oxygen atoms in total. The Morgan fingerprint density at radius 2 is 1.92 bits per heavy atom. The number of nitrogens with zero attached hydrogens (tertiary/aromatic N) is 5. The van der Waals surface area contributed by atoms with Gasteiger partial charge in [0.05, 0.1) is 29.8 Å². The Bertz CT molecular complexity index is 1330. The van der Waals surface area contributed by atoms with Crippen LogP contribution in [0.4, 0.5) is 5.69 Å². The van der Waals surface area contributed by atoms with Crippen LogP contribution in [-0.4, -0.2) is 45.9 Å². The van der Waals surface area contributed by atoms with E-state index in [2.05, 4.69) is 15.1 Å². The SMILES string of the molecule is COC(=O)C1=C(C)N=C(N)C(c2nc(CN(C)Cc3ccccc3)no2)C1c1cccc([N+](=O)[O-])c1. The average Bonchev–Trinajstić information content (AvgIpc) is 3.31. The summed E-state index contributed by atoms with van der Waals surface area (Å²) in [6.07, 6.45) is 0. The molecule has 11 heteroatoms. The Morgan fingerprint density at radius 1 is 1.17 bits per heavy atom. The first-order chi connectivity index (χ1) is 17.3. The van der Waals surface area contributed by atoms with Gasteiger partial charge in [-0.25, -0.2) is 9.79 Å². The van der Waals surface area contributed by atoms with Gasteiger partial charge in [0.2, 0.25) is 5.89 Å². The number of rotatable bonds is 8. The summed E-state index contributed by atoms with van der Waals surface area (Å²) in [5, 5.41) is 15.5. The second kappa shape index (κ2) is 10.5. The van der Waals surface area contributed by atoms with Gasteiger partial charge in [0, 0.05) is 24.6 Å². The number of amidine groups is 1. The summed E-state index contributed by atoms with van der Waals surface area (Å²) in [6.45, 7) is 2.72. The highest BCUT2D eigenvalue weighted by atomic mass is 16.6. The van der Waals surface area contributed by atoms with Crippen LogP contribution in [0.15, 0.2) is 75.4 Å². The molecule has 0 saturated heterocycles. The van der Waals surface area contributed by atoms with Gasteiger partial charge in [-0.1, -0.05) is 47.6 Å². The minimum atomic E-state index is -0.814. The molecule has 3 aromatic rings. The number of nitrogens with two attached hydrogens (primary N) is 1. The highest BCUT2D eigenvalue weighted by Crippen LogP contribution is 2.43. The summed E-state index contributed by atoms with van der Waals surface area (Å²) in [5.41, 5.74) is 8.41. The minimum Gasteiger partial charge on any atom is -0.466 e. The number of esters is 1. The van der Waals surface area contributed by atoms with Crippen molar-refractivity contribution in [2.24, 2.45) is 10.7 Å². The van der Waals surface area contributed by atoms with E-state index in [9.17, 15) is 14.9 Å². The van der Waals surface area contributed by atoms with Crippen molar-refractivity contribution in [1.29, 1.82) is 0 Å². The topological polar surface area (TPSA) is 150 Å². The molecular formula is C25H26N6O5. The third kappa shape index (κ3) is 5.15. The molecule has 0 fully saturated rings. The average molecular weight is 491 g/mol. The van der Waals surface area contributed by atoms with Crippen LogP contribution in [0.5, 0.6) is 0 Å². The standard InChI is InChI=1S/C25H26N6O5/c1-15-20(25(32)35-3)21(17-10-7-11-18(12-17)31(33)34)22(23(26)27-15)24-28-19(29-36-24)14-30(2)13-16-8-5-4-6-9-16/h4-12,21-22H,13-14H2,1-3H3,(H2,26,27). The van der Waals surface area contributed by atoms with E-state index < -0.39 is 22.7 Å². The first-order valence-corrected chi connectivity index (χ1v) is 11.2. The van der Waals surface area contributed by atoms with Crippen LogP contribution in [0.1, 0.15) is 41.6 Å². The van der Waals surface area contributed by atoms with Crippen molar-refractivity contribution in [3.63, 3.8) is 0 Å². The van der Waals surface area contributed by atoms with E-state index in [1.165, 1.54) is 19.2 Å². The van der Waals surface area contributed by atoms with Gasteiger partial charge in [-0.3, -0.25) is 15.0 Å². The molecule has 4 rings (SSSR count). The molecule has 2 unspecified atom stereocenters. The Morgan fingerprint density at radius 3 is 2.61 bits per heavy atom. The van der Waals surface area contributed by atoms with E-state index in [1.807, 2.05) is 42.3 Å². The summed E-state index contributed by atoms with van der Waals surface area (Å²) < 4.78 is 10.6. The second-order valence-electron chi connectivity index (χ2n) is 8.54. The van der Waals surface area contributed by atoms with E-state index in [0.29, 0.717) is 30.2 Å². The number of carbonyl (C=O) groups is 1. The maximum Gasteiger partial charge on any atom is 0.336 e. The lowest BCUT2D eigenvalue weighted by molar-refractivity contribution is -0.384. The van der Waals surface area contributed by atoms with Crippen LogP contribution in [0.3, 0.4) is 0 Å². The van der Waals surface area contributed by atoms with Crippen LogP contribution in [0.2, 0.25) is 0 Å². The molecule has 2 atom stereocenters. The van der Waals surface area contributed by atoms with Crippen LogP contribution < -0.4 is 5.73 Å². The normalized spacial score (nSPS) is 17.7. The number of non-ortho nitro benzene ring substituents is 1. The molecule has 1 aliphatic rings. The molecule has 0 saturated carbocycles. The number of aromatic nitrogens is 2. The van der Waals surface area contributed by atoms with Gasteiger partial charge in [0.1, 0.15) is 11.8 Å². The summed E-state index contributed by atoms with van der Waals surface area (Å²) >= 11 is 0. The minimum absolute atomic E-state index is 0.122. The highest BCUT2D eigenvalue weighted by molar-refractivity contribution is 5.98. The maximum atomic E-state index is 12.8. The van der Waals surface area contributed by atoms with Crippen molar-refractivity contribution in [2.75, 3.05) is 14.2 Å². The Labute approximate surface area is 207 Å². The van der Waals surface area contributed by atoms with Crippen molar-refractivity contribution in [3.8, 4) is 0 Å². The molecule has 0 bridgehead atoms. The van der Waals surface area contributed by atoms with Gasteiger partial charge in [-0.15, -0.1) is 0 Å². The van der Waals surface area contributed by atoms with Gasteiger partial charge in [-0.05, 0) is 25.1 Å². The van der Waals surface area contributed by atoms with E-state index in [1.54, 1.807) is 19.1 Å². The summed E-state index contributed by atoms with van der Waals surface area (Å²) in [5.74, 6) is -1.46. The smallest absolute Gasteiger partial charge is 0.336 e. The molecule has 186 valence electrons. The predicted molar refractivity (Wildman–Crippen MR) is 131 cm³/mol. The van der Waals surface area contributed by atoms with Gasteiger partial charge >= 0.3 is 5.97 Å². The fourth-order valence-corrected chi connectivity index (χ4v) is 4.38. The number of hydrogen-bond acceptors (Lipinski definition) is 10. The first-order valence-electron chi connectivity index (χ1n) is 11.2. The molecule has 2 N–H and O–H groups in total. The van der Waals surface area contributed by atoms with Crippen LogP contribution in [0, 0.1) is 10.1 Å². The summed E-state index contributed by atoms with van der Waals surface area (Å²) in [7, 11) is 3.20. The lowest BCUT2D eigenvalue weighted by atomic mass is 9.77. The van der Waals surface area contributed by atoms with E-state index >= 15 is 0 Å². The van der Waals surface area contributed by atoms with Crippen molar-refractivity contribution in [2.45, 2.75) is 31.8 Å². The van der Waals surface area contributed by atoms with Gasteiger partial charge < -0.3 is 15.0 Å². The molecule has 1 aliphatic heterocycles. The fraction of sp³-hybridized carbons (Fsp3) is 0.280. The number of benzene rings is 2. The number of methoxy groups -OCH3 is 1. The number of aliphatic imine (C=N–C) groups is 1. The lowest BCUT2D eigenvalue weighted by Gasteiger charge is -2.30. The Hall–Kier alpha value is -4.38. The number of carbonyl (C=O) groups excluding carboxylic acids is 1. The summed E-state index contributed by atoms with van der Waals surface area (Å²) in [4.78, 5) is 34.7. The van der Waals surface area contributed by atoms with E-state index in [0.717, 1.165) is 5.56 Å². The van der Waals surface area contributed by atoms with Gasteiger partial charge in [-0.2, -0.15) is 4.98 Å². The van der Waals surface area contributed by atoms with Crippen molar-refractivity contribution in [3.05, 3.63) is 98.8 Å². The second-order valence-corrected chi connectivity index (χ2v) is 8.54. The molecular weight excluding hydrogens is 464 g/mol. The monoisotopic (exact) mass is 490 g/mol. The number of hydrogen-bond donors (Lipinski definition) is 1. The first kappa shape index (κ1) is 24.7. The van der Waals surface area contributed by atoms with Crippen molar-refractivity contribution < 1.29 is 19.0 Å². The third-order valence-electron chi connectivity index (χ3n) is 5.95. The van der Waals surface area contributed by atoms with E-state index in [4.69, 9.17) is 15.0 Å². The molecule has 0 spiro atoms. The van der Waals surface area contributed by atoms with Crippen LogP contribution in [0.25, 0.3) is 0 Å². The largest absolute Gasteiger partial charge is 0.466 e. The fourth-order valence-electron chi connectivity index (χ4n) is 4.38. The van der Waals surface area contributed by atoms with Crippen molar-refractivity contribution >= 4 is 17.5 Å². The predicted octanol–water partition coefficient (Wildman–Crippen LogP) is 3.30. The highest BCUT2D eigenvalue weighted by Gasteiger charge is 2.42. The van der Waals surface area contributed by atoms with Gasteiger partial charge in [0.15, 0.2) is 5.82 Å². The number of allylic oxidation sites excluding steroid dienone is 1. The number of nitro groups is 1. The third-order valence-corrected chi connectivity index (χ3v) is 5.95. The van der Waals surface area contributed by atoms with Crippen molar-refractivity contribution in [1.82, 2.24) is 15.0 Å². The molecule has 0 aliphatic carbocycles. The van der Waals surface area contributed by atoms with Gasteiger partial charge in [0.25, 0.3) is 5.69 Å². The molecule has 2 aromatic carbocycles. The Balaban J connectivity index is 1.69. The zero-order chi connectivity index (χ0) is 25.8. The molecule has 0 amide bonds. The Kier molecular flexibility index (Phi) is 7.20. The lowest BCUT2D eigenvalue weighted by Crippen LogP contribution is -2.34. The number of ether oxygens (including phenoxy) is 1.